The van der Waals surface area contributed by atoms with E-state index in [-0.39, 0.29) is 0 Å². The number of para-hydroxylation sites is 1. The summed E-state index contributed by atoms with van der Waals surface area (Å²) in [4.78, 5) is 6.86. The molecule has 6 nitrogen and oxygen atoms in total. The number of anilines is 1. The number of benzene rings is 2. The maximum atomic E-state index is 6.00. The average molecular weight is 398 g/mol. The zero-order valence-corrected chi connectivity index (χ0v) is 16.7. The third kappa shape index (κ3) is 3.89. The lowest BCUT2D eigenvalue weighted by Crippen LogP contribution is -2.22. The van der Waals surface area contributed by atoms with Gasteiger partial charge in [0.25, 0.3) is 0 Å². The molecule has 1 aliphatic rings. The first-order valence-corrected chi connectivity index (χ1v) is 10.1. The largest absolute Gasteiger partial charge is 0.460 e. The molecule has 1 saturated heterocycles. The van der Waals surface area contributed by atoms with E-state index in [2.05, 4.69) is 32.2 Å². The fraction of sp³-hybridized carbons (Fsp3) is 0.208. The van der Waals surface area contributed by atoms with Crippen molar-refractivity contribution in [3.8, 4) is 23.0 Å². The molecule has 30 heavy (non-hydrogen) atoms. The summed E-state index contributed by atoms with van der Waals surface area (Å²) in [5.41, 5.74) is 1.96. The van der Waals surface area contributed by atoms with Crippen LogP contribution in [0, 0.1) is 6.92 Å². The summed E-state index contributed by atoms with van der Waals surface area (Å²) in [6, 6.07) is 22.0. The number of hydrogen-bond donors (Lipinski definition) is 0. The van der Waals surface area contributed by atoms with E-state index in [1.165, 1.54) is 5.56 Å². The third-order valence-electron chi connectivity index (χ3n) is 5.32. The van der Waals surface area contributed by atoms with E-state index in [0.29, 0.717) is 23.3 Å². The van der Waals surface area contributed by atoms with Crippen molar-refractivity contribution >= 4 is 5.95 Å². The number of aromatic nitrogens is 3. The second-order valence-corrected chi connectivity index (χ2v) is 7.47. The Balaban J connectivity index is 1.31. The third-order valence-corrected chi connectivity index (χ3v) is 5.32. The molecule has 1 atom stereocenters. The summed E-state index contributed by atoms with van der Waals surface area (Å²) in [5.74, 6) is 4.29. The Morgan fingerprint density at radius 1 is 1.00 bits per heavy atom. The summed E-state index contributed by atoms with van der Waals surface area (Å²) in [6.45, 7) is 3.65. The van der Waals surface area contributed by atoms with Gasteiger partial charge in [-0.25, -0.2) is 4.98 Å². The number of nitrogens with zero attached hydrogens (tertiary/aromatic N) is 4. The Morgan fingerprint density at radius 3 is 2.70 bits per heavy atom. The van der Waals surface area contributed by atoms with Crippen LogP contribution in [0.5, 0.6) is 11.5 Å². The second-order valence-electron chi connectivity index (χ2n) is 7.47. The highest BCUT2D eigenvalue weighted by Gasteiger charge is 2.26. The van der Waals surface area contributed by atoms with Crippen LogP contribution in [0.2, 0.25) is 0 Å². The second kappa shape index (κ2) is 7.99. The minimum absolute atomic E-state index is 0.391. The van der Waals surface area contributed by atoms with Crippen molar-refractivity contribution in [2.45, 2.75) is 19.3 Å². The highest BCUT2D eigenvalue weighted by Crippen LogP contribution is 2.32. The molecule has 2 aromatic heterocycles. The van der Waals surface area contributed by atoms with Gasteiger partial charge in [0.2, 0.25) is 5.95 Å². The van der Waals surface area contributed by atoms with Crippen LogP contribution in [0.25, 0.3) is 11.5 Å². The van der Waals surface area contributed by atoms with Gasteiger partial charge in [-0.1, -0.05) is 30.3 Å². The standard InChI is InChI=1S/C24H22N4O2/c1-17-10-11-23(29-17)22-15-25-27-24(26-22)28-13-12-19(16-28)18-6-5-9-21(14-18)30-20-7-3-2-4-8-20/h2-11,14-15,19H,12-13,16H2,1H3. The molecular weight excluding hydrogens is 376 g/mol. The predicted molar refractivity (Wildman–Crippen MR) is 115 cm³/mol. The van der Waals surface area contributed by atoms with Gasteiger partial charge < -0.3 is 14.1 Å². The Bertz CT molecular complexity index is 1140. The molecule has 0 radical (unpaired) electrons. The van der Waals surface area contributed by atoms with Crippen molar-refractivity contribution in [3.63, 3.8) is 0 Å². The number of furan rings is 1. The average Bonchev–Trinajstić information content (AvgIpc) is 3.44. The minimum Gasteiger partial charge on any atom is -0.460 e. The van der Waals surface area contributed by atoms with Gasteiger partial charge in [-0.05, 0) is 55.3 Å². The number of ether oxygens (including phenoxy) is 1. The van der Waals surface area contributed by atoms with Crippen LogP contribution in [0.3, 0.4) is 0 Å². The number of rotatable bonds is 5. The summed E-state index contributed by atoms with van der Waals surface area (Å²) >= 11 is 0. The molecule has 0 aliphatic carbocycles. The van der Waals surface area contributed by atoms with E-state index in [0.717, 1.165) is 36.8 Å². The molecule has 5 rings (SSSR count). The molecule has 6 heteroatoms. The van der Waals surface area contributed by atoms with Crippen LogP contribution in [-0.4, -0.2) is 28.3 Å². The van der Waals surface area contributed by atoms with Crippen molar-refractivity contribution in [2.75, 3.05) is 18.0 Å². The lowest BCUT2D eigenvalue weighted by molar-refractivity contribution is 0.481. The quantitative estimate of drug-likeness (QED) is 0.459. The fourth-order valence-electron chi connectivity index (χ4n) is 3.79. The highest BCUT2D eigenvalue weighted by atomic mass is 16.5. The summed E-state index contributed by atoms with van der Waals surface area (Å²) < 4.78 is 11.7. The van der Waals surface area contributed by atoms with E-state index in [9.17, 15) is 0 Å². The summed E-state index contributed by atoms with van der Waals surface area (Å²) in [7, 11) is 0. The number of hydrogen-bond acceptors (Lipinski definition) is 6. The van der Waals surface area contributed by atoms with Gasteiger partial charge in [-0.2, -0.15) is 5.10 Å². The monoisotopic (exact) mass is 398 g/mol. The molecule has 1 unspecified atom stereocenters. The Kier molecular flexibility index (Phi) is 4.89. The first-order chi connectivity index (χ1) is 14.7. The van der Waals surface area contributed by atoms with Crippen LogP contribution >= 0.6 is 0 Å². The lowest BCUT2D eigenvalue weighted by atomic mass is 9.98. The zero-order chi connectivity index (χ0) is 20.3. The minimum atomic E-state index is 0.391. The Hall–Kier alpha value is -3.67. The van der Waals surface area contributed by atoms with Gasteiger partial charge in [-0.3, -0.25) is 0 Å². The van der Waals surface area contributed by atoms with Crippen molar-refractivity contribution in [3.05, 3.63) is 84.3 Å². The molecular formula is C24H22N4O2. The van der Waals surface area contributed by atoms with Crippen LogP contribution < -0.4 is 9.64 Å². The van der Waals surface area contributed by atoms with Crippen molar-refractivity contribution in [1.82, 2.24) is 15.2 Å². The molecule has 0 spiro atoms. The molecule has 0 amide bonds. The molecule has 1 aliphatic heterocycles. The van der Waals surface area contributed by atoms with Crippen LogP contribution in [0.1, 0.15) is 23.7 Å². The van der Waals surface area contributed by atoms with Crippen molar-refractivity contribution in [2.24, 2.45) is 0 Å². The molecule has 3 heterocycles. The smallest absolute Gasteiger partial charge is 0.246 e. The maximum absolute atomic E-state index is 6.00. The Morgan fingerprint density at radius 2 is 1.87 bits per heavy atom. The first kappa shape index (κ1) is 18.4. The molecule has 150 valence electrons. The van der Waals surface area contributed by atoms with Gasteiger partial charge in [0.1, 0.15) is 23.0 Å². The van der Waals surface area contributed by atoms with Gasteiger partial charge >= 0.3 is 0 Å². The normalized spacial score (nSPS) is 16.0. The van der Waals surface area contributed by atoms with Gasteiger partial charge in [0.05, 0.1) is 6.20 Å². The Labute approximate surface area is 175 Å². The van der Waals surface area contributed by atoms with Crippen molar-refractivity contribution in [1.29, 1.82) is 0 Å². The van der Waals surface area contributed by atoms with Crippen LogP contribution in [-0.2, 0) is 0 Å². The fourth-order valence-corrected chi connectivity index (χ4v) is 3.79. The maximum Gasteiger partial charge on any atom is 0.246 e. The van der Waals surface area contributed by atoms with Crippen LogP contribution in [0.15, 0.2) is 77.3 Å². The van der Waals surface area contributed by atoms with Gasteiger partial charge in [0.15, 0.2) is 5.76 Å². The van der Waals surface area contributed by atoms with Gasteiger partial charge in [0, 0.05) is 19.0 Å². The van der Waals surface area contributed by atoms with Crippen LogP contribution in [0.4, 0.5) is 5.95 Å². The van der Waals surface area contributed by atoms with Gasteiger partial charge in [-0.15, -0.1) is 5.10 Å². The van der Waals surface area contributed by atoms with Crippen molar-refractivity contribution < 1.29 is 9.15 Å². The molecule has 1 fully saturated rings. The molecule has 0 saturated carbocycles. The number of aryl methyl sites for hydroxylation is 1. The summed E-state index contributed by atoms with van der Waals surface area (Å²) in [6.07, 6.45) is 2.67. The summed E-state index contributed by atoms with van der Waals surface area (Å²) in [5, 5.41) is 8.39. The topological polar surface area (TPSA) is 64.3 Å². The lowest BCUT2D eigenvalue weighted by Gasteiger charge is -2.16. The molecule has 2 aromatic carbocycles. The van der Waals surface area contributed by atoms with E-state index in [1.807, 2.05) is 61.5 Å². The molecule has 0 bridgehead atoms. The first-order valence-electron chi connectivity index (χ1n) is 10.1. The molecule has 0 N–H and O–H groups in total. The highest BCUT2D eigenvalue weighted by molar-refractivity contribution is 5.53. The van der Waals surface area contributed by atoms with E-state index < -0.39 is 0 Å². The predicted octanol–water partition coefficient (Wildman–Crippen LogP) is 5.23. The van der Waals surface area contributed by atoms with E-state index in [4.69, 9.17) is 9.15 Å². The van der Waals surface area contributed by atoms with E-state index >= 15 is 0 Å². The SMILES string of the molecule is Cc1ccc(-c2cnnc(N3CCC(c4cccc(Oc5ccccc5)c4)C3)n2)o1. The zero-order valence-electron chi connectivity index (χ0n) is 16.7. The van der Waals surface area contributed by atoms with E-state index in [1.54, 1.807) is 6.20 Å². The molecule has 4 aromatic rings.